The van der Waals surface area contributed by atoms with Gasteiger partial charge in [-0.3, -0.25) is 0 Å². The Morgan fingerprint density at radius 2 is 2.29 bits per heavy atom. The smallest absolute Gasteiger partial charge is 0.0108 e. The number of hydrogen-bond donors (Lipinski definition) is 1. The first-order valence-electron chi connectivity index (χ1n) is 5.34. The first-order chi connectivity index (χ1) is 6.92. The highest BCUT2D eigenvalue weighted by Crippen LogP contribution is 2.38. The van der Waals surface area contributed by atoms with E-state index in [0.717, 1.165) is 19.0 Å². The molecule has 0 bridgehead atoms. The van der Waals surface area contributed by atoms with Crippen LogP contribution in [-0.4, -0.2) is 18.8 Å². The third kappa shape index (κ3) is 2.12. The van der Waals surface area contributed by atoms with Crippen LogP contribution in [0.2, 0.25) is 0 Å². The number of rotatable bonds is 4. The predicted molar refractivity (Wildman–Crippen MR) is 63.1 cm³/mol. The Bertz CT molecular complexity index is 298. The van der Waals surface area contributed by atoms with Gasteiger partial charge in [-0.2, -0.15) is 0 Å². The van der Waals surface area contributed by atoms with Crippen molar-refractivity contribution in [2.24, 2.45) is 0 Å². The topological polar surface area (TPSA) is 12.0 Å². The van der Waals surface area contributed by atoms with Gasteiger partial charge in [0.05, 0.1) is 0 Å². The van der Waals surface area contributed by atoms with Gasteiger partial charge >= 0.3 is 0 Å². The van der Waals surface area contributed by atoms with Crippen LogP contribution in [0, 0.1) is 0 Å². The summed E-state index contributed by atoms with van der Waals surface area (Å²) >= 11 is 1.99. The SMILES string of the molecule is CCCNCC1CSc2ccccc21. The fraction of sp³-hybridized carbons (Fsp3) is 0.500. The molecule has 0 saturated heterocycles. The molecule has 0 amide bonds. The van der Waals surface area contributed by atoms with Crippen molar-refractivity contribution >= 4 is 11.8 Å². The maximum absolute atomic E-state index is 3.50. The molecule has 1 N–H and O–H groups in total. The van der Waals surface area contributed by atoms with Gasteiger partial charge < -0.3 is 5.32 Å². The molecule has 1 atom stereocenters. The van der Waals surface area contributed by atoms with Gasteiger partial charge in [0, 0.05) is 23.1 Å². The van der Waals surface area contributed by atoms with Gasteiger partial charge in [0.1, 0.15) is 0 Å². The third-order valence-electron chi connectivity index (χ3n) is 2.62. The largest absolute Gasteiger partial charge is 0.316 e. The second-order valence-electron chi connectivity index (χ2n) is 3.75. The molecule has 14 heavy (non-hydrogen) atoms. The standard InChI is InChI=1S/C12H17NS/c1-2-7-13-8-10-9-14-12-6-4-3-5-11(10)12/h3-6,10,13H,2,7-9H2,1H3. The summed E-state index contributed by atoms with van der Waals surface area (Å²) in [5.74, 6) is 1.97. The zero-order valence-corrected chi connectivity index (χ0v) is 9.44. The number of thioether (sulfide) groups is 1. The fourth-order valence-corrected chi connectivity index (χ4v) is 3.11. The van der Waals surface area contributed by atoms with Crippen molar-refractivity contribution in [1.82, 2.24) is 5.32 Å². The summed E-state index contributed by atoms with van der Waals surface area (Å²) < 4.78 is 0. The summed E-state index contributed by atoms with van der Waals surface area (Å²) in [4.78, 5) is 1.48. The van der Waals surface area contributed by atoms with Gasteiger partial charge in [-0.25, -0.2) is 0 Å². The Hall–Kier alpha value is -0.470. The lowest BCUT2D eigenvalue weighted by molar-refractivity contribution is 0.615. The minimum absolute atomic E-state index is 0.725. The third-order valence-corrected chi connectivity index (χ3v) is 3.87. The Morgan fingerprint density at radius 1 is 1.43 bits per heavy atom. The average molecular weight is 207 g/mol. The molecule has 0 radical (unpaired) electrons. The lowest BCUT2D eigenvalue weighted by Gasteiger charge is -2.10. The summed E-state index contributed by atoms with van der Waals surface area (Å²) in [6, 6.07) is 8.79. The van der Waals surface area contributed by atoms with E-state index in [0.29, 0.717) is 0 Å². The highest BCUT2D eigenvalue weighted by Gasteiger charge is 2.21. The van der Waals surface area contributed by atoms with E-state index in [4.69, 9.17) is 0 Å². The Labute approximate surface area is 90.3 Å². The van der Waals surface area contributed by atoms with E-state index in [1.54, 1.807) is 5.56 Å². The average Bonchev–Trinajstić information content (AvgIpc) is 2.63. The van der Waals surface area contributed by atoms with Gasteiger partial charge in [0.15, 0.2) is 0 Å². The quantitative estimate of drug-likeness (QED) is 0.762. The molecule has 1 aliphatic rings. The van der Waals surface area contributed by atoms with Gasteiger partial charge in [-0.1, -0.05) is 25.1 Å². The van der Waals surface area contributed by atoms with Crippen LogP contribution in [0.4, 0.5) is 0 Å². The number of fused-ring (bicyclic) bond motifs is 1. The second kappa shape index (κ2) is 4.85. The van der Waals surface area contributed by atoms with Crippen molar-refractivity contribution in [3.05, 3.63) is 29.8 Å². The van der Waals surface area contributed by atoms with E-state index >= 15 is 0 Å². The Kier molecular flexibility index (Phi) is 3.49. The van der Waals surface area contributed by atoms with Gasteiger partial charge in [0.25, 0.3) is 0 Å². The van der Waals surface area contributed by atoms with Gasteiger partial charge in [0.2, 0.25) is 0 Å². The summed E-state index contributed by atoms with van der Waals surface area (Å²) in [7, 11) is 0. The number of hydrogen-bond acceptors (Lipinski definition) is 2. The van der Waals surface area contributed by atoms with E-state index in [-0.39, 0.29) is 0 Å². The maximum Gasteiger partial charge on any atom is 0.0108 e. The normalized spacial score (nSPS) is 19.6. The van der Waals surface area contributed by atoms with Crippen LogP contribution in [-0.2, 0) is 0 Å². The molecule has 2 heteroatoms. The summed E-state index contributed by atoms with van der Waals surface area (Å²) in [6.45, 7) is 4.49. The molecule has 1 heterocycles. The van der Waals surface area contributed by atoms with Crippen LogP contribution in [0.3, 0.4) is 0 Å². The summed E-state index contributed by atoms with van der Waals surface area (Å²) in [5, 5.41) is 3.50. The van der Waals surface area contributed by atoms with E-state index in [1.165, 1.54) is 17.1 Å². The van der Waals surface area contributed by atoms with Crippen molar-refractivity contribution < 1.29 is 0 Å². The van der Waals surface area contributed by atoms with E-state index < -0.39 is 0 Å². The van der Waals surface area contributed by atoms with Crippen molar-refractivity contribution in [3.8, 4) is 0 Å². The molecule has 0 aromatic heterocycles. The van der Waals surface area contributed by atoms with Crippen molar-refractivity contribution in [3.63, 3.8) is 0 Å². The molecule has 1 aromatic rings. The van der Waals surface area contributed by atoms with Crippen LogP contribution in [0.15, 0.2) is 29.2 Å². The molecule has 1 unspecified atom stereocenters. The maximum atomic E-state index is 3.50. The lowest BCUT2D eigenvalue weighted by atomic mass is 10.0. The van der Waals surface area contributed by atoms with Crippen LogP contribution in [0.5, 0.6) is 0 Å². The zero-order chi connectivity index (χ0) is 9.80. The van der Waals surface area contributed by atoms with E-state index in [2.05, 4.69) is 36.5 Å². The van der Waals surface area contributed by atoms with Crippen molar-refractivity contribution in [2.45, 2.75) is 24.2 Å². The molecule has 0 spiro atoms. The van der Waals surface area contributed by atoms with Crippen LogP contribution in [0.25, 0.3) is 0 Å². The van der Waals surface area contributed by atoms with Crippen LogP contribution in [0.1, 0.15) is 24.8 Å². The first kappa shape index (κ1) is 10.1. The summed E-state index contributed by atoms with van der Waals surface area (Å²) in [5.41, 5.74) is 1.54. The van der Waals surface area contributed by atoms with E-state index in [1.807, 2.05) is 11.8 Å². The molecular weight excluding hydrogens is 190 g/mol. The van der Waals surface area contributed by atoms with Crippen molar-refractivity contribution in [2.75, 3.05) is 18.8 Å². The minimum Gasteiger partial charge on any atom is -0.316 e. The number of nitrogens with one attached hydrogen (secondary N) is 1. The van der Waals surface area contributed by atoms with Gasteiger partial charge in [-0.05, 0) is 24.6 Å². The van der Waals surface area contributed by atoms with Crippen LogP contribution < -0.4 is 5.32 Å². The molecule has 1 aliphatic heterocycles. The second-order valence-corrected chi connectivity index (χ2v) is 4.81. The molecule has 0 saturated carbocycles. The molecule has 0 fully saturated rings. The molecular formula is C12H17NS. The molecule has 0 aliphatic carbocycles. The molecule has 76 valence electrons. The zero-order valence-electron chi connectivity index (χ0n) is 8.62. The Morgan fingerprint density at radius 3 is 3.14 bits per heavy atom. The monoisotopic (exact) mass is 207 g/mol. The highest BCUT2D eigenvalue weighted by atomic mass is 32.2. The summed E-state index contributed by atoms with van der Waals surface area (Å²) in [6.07, 6.45) is 1.22. The van der Waals surface area contributed by atoms with Crippen molar-refractivity contribution in [1.29, 1.82) is 0 Å². The molecule has 2 rings (SSSR count). The highest BCUT2D eigenvalue weighted by molar-refractivity contribution is 7.99. The first-order valence-corrected chi connectivity index (χ1v) is 6.33. The minimum atomic E-state index is 0.725. The fourth-order valence-electron chi connectivity index (χ4n) is 1.85. The Balaban J connectivity index is 1.96. The van der Waals surface area contributed by atoms with E-state index in [9.17, 15) is 0 Å². The van der Waals surface area contributed by atoms with Crippen LogP contribution >= 0.6 is 11.8 Å². The molecule has 1 nitrogen and oxygen atoms in total. The lowest BCUT2D eigenvalue weighted by Crippen LogP contribution is -2.22. The molecule has 1 aromatic carbocycles. The predicted octanol–water partition coefficient (Wildman–Crippen LogP) is 2.88. The number of benzene rings is 1. The van der Waals surface area contributed by atoms with Gasteiger partial charge in [-0.15, -0.1) is 11.8 Å².